The largest absolute Gasteiger partial charge is 0.487 e. The smallest absolute Gasteiger partial charge is 0.163 e. The number of halogens is 2. The molecular formula is C22H25ClFN3O4. The van der Waals surface area contributed by atoms with Gasteiger partial charge in [0.2, 0.25) is 0 Å². The second-order valence-electron chi connectivity index (χ2n) is 6.90. The van der Waals surface area contributed by atoms with E-state index in [9.17, 15) is 4.39 Å². The molecule has 0 aliphatic rings. The lowest BCUT2D eigenvalue weighted by molar-refractivity contribution is 0.0542. The molecule has 3 aromatic rings. The molecule has 3 rings (SSSR count). The number of nitrogens with one attached hydrogen (secondary N) is 1. The fourth-order valence-electron chi connectivity index (χ4n) is 2.77. The molecule has 0 bridgehead atoms. The quantitative estimate of drug-likeness (QED) is 0.413. The number of rotatable bonds is 11. The van der Waals surface area contributed by atoms with Gasteiger partial charge in [-0.05, 0) is 38.1 Å². The van der Waals surface area contributed by atoms with E-state index in [1.165, 1.54) is 18.5 Å². The summed E-state index contributed by atoms with van der Waals surface area (Å²) in [5, 5.41) is 3.88. The number of hydrogen-bond donors (Lipinski definition) is 1. The Morgan fingerprint density at radius 2 is 1.74 bits per heavy atom. The first-order valence-electron chi connectivity index (χ1n) is 9.85. The molecule has 1 aromatic heterocycles. The van der Waals surface area contributed by atoms with Gasteiger partial charge in [0.1, 0.15) is 31.2 Å². The SMILES string of the molecule is COCCOc1cc2ncnc(Nc3ccc(F)c(Cl)c3)c2cc1OCCOC(C)C. The van der Waals surface area contributed by atoms with E-state index in [0.29, 0.717) is 60.3 Å². The van der Waals surface area contributed by atoms with Crippen LogP contribution < -0.4 is 14.8 Å². The fourth-order valence-corrected chi connectivity index (χ4v) is 2.95. The zero-order valence-corrected chi connectivity index (χ0v) is 18.4. The fraction of sp³-hybridized carbons (Fsp3) is 0.364. The molecule has 31 heavy (non-hydrogen) atoms. The van der Waals surface area contributed by atoms with Gasteiger partial charge in [-0.25, -0.2) is 14.4 Å². The summed E-state index contributed by atoms with van der Waals surface area (Å²) in [6, 6.07) is 7.96. The summed E-state index contributed by atoms with van der Waals surface area (Å²) in [5.74, 6) is 1.12. The number of anilines is 2. The average molecular weight is 450 g/mol. The predicted molar refractivity (Wildman–Crippen MR) is 118 cm³/mol. The van der Waals surface area contributed by atoms with Crippen molar-refractivity contribution < 1.29 is 23.3 Å². The first-order chi connectivity index (χ1) is 15.0. The molecule has 0 amide bonds. The summed E-state index contributed by atoms with van der Waals surface area (Å²) in [7, 11) is 1.61. The standard InChI is InChI=1S/C22H25ClFN3O4/c1-14(2)29-8-9-31-20-11-16-19(12-21(20)30-7-6-28-3)25-13-26-22(16)27-15-4-5-18(24)17(23)10-15/h4-5,10-14H,6-9H2,1-3H3,(H,25,26,27). The van der Waals surface area contributed by atoms with Crippen LogP contribution in [0.4, 0.5) is 15.9 Å². The van der Waals surface area contributed by atoms with Gasteiger partial charge < -0.3 is 24.3 Å². The van der Waals surface area contributed by atoms with Crippen LogP contribution in [0.15, 0.2) is 36.7 Å². The molecule has 166 valence electrons. The molecule has 0 saturated carbocycles. The van der Waals surface area contributed by atoms with Crippen molar-refractivity contribution >= 4 is 34.0 Å². The third-order valence-corrected chi connectivity index (χ3v) is 4.51. The van der Waals surface area contributed by atoms with Crippen molar-refractivity contribution in [3.05, 3.63) is 47.5 Å². The maximum atomic E-state index is 13.5. The molecule has 0 spiro atoms. The van der Waals surface area contributed by atoms with Crippen LogP contribution in [0.1, 0.15) is 13.8 Å². The molecule has 0 fully saturated rings. The Hall–Kier alpha value is -2.68. The topological polar surface area (TPSA) is 74.7 Å². The van der Waals surface area contributed by atoms with E-state index in [4.69, 9.17) is 30.5 Å². The van der Waals surface area contributed by atoms with Crippen molar-refractivity contribution in [3.8, 4) is 11.5 Å². The molecule has 0 radical (unpaired) electrons. The zero-order chi connectivity index (χ0) is 22.2. The molecule has 0 aliphatic heterocycles. The van der Waals surface area contributed by atoms with E-state index in [2.05, 4.69) is 15.3 Å². The third kappa shape index (κ3) is 6.40. The number of ether oxygens (including phenoxy) is 4. The molecule has 1 N–H and O–H groups in total. The van der Waals surface area contributed by atoms with Gasteiger partial charge in [0.05, 0.1) is 29.9 Å². The highest BCUT2D eigenvalue weighted by Gasteiger charge is 2.13. The van der Waals surface area contributed by atoms with E-state index in [-0.39, 0.29) is 11.1 Å². The number of benzene rings is 2. The number of hydrogen-bond acceptors (Lipinski definition) is 7. The van der Waals surface area contributed by atoms with Crippen molar-refractivity contribution in [1.82, 2.24) is 9.97 Å². The van der Waals surface area contributed by atoms with E-state index in [1.54, 1.807) is 25.3 Å². The Kier molecular flexibility index (Phi) is 8.22. The predicted octanol–water partition coefficient (Wildman–Crippen LogP) is 4.99. The van der Waals surface area contributed by atoms with E-state index < -0.39 is 5.82 Å². The number of fused-ring (bicyclic) bond motifs is 1. The van der Waals surface area contributed by atoms with Crippen LogP contribution in [-0.2, 0) is 9.47 Å². The molecule has 0 aliphatic carbocycles. The average Bonchev–Trinajstić information content (AvgIpc) is 2.74. The Labute approximate surface area is 185 Å². The first kappa shape index (κ1) is 23.0. The van der Waals surface area contributed by atoms with Crippen LogP contribution in [0.5, 0.6) is 11.5 Å². The van der Waals surface area contributed by atoms with Gasteiger partial charge in [0.25, 0.3) is 0 Å². The lowest BCUT2D eigenvalue weighted by atomic mass is 10.2. The Bertz CT molecular complexity index is 1020. The van der Waals surface area contributed by atoms with Gasteiger partial charge in [0, 0.05) is 24.2 Å². The molecule has 0 unspecified atom stereocenters. The summed E-state index contributed by atoms with van der Waals surface area (Å²) in [4.78, 5) is 8.66. The van der Waals surface area contributed by atoms with Crippen molar-refractivity contribution in [1.29, 1.82) is 0 Å². The highest BCUT2D eigenvalue weighted by molar-refractivity contribution is 6.31. The van der Waals surface area contributed by atoms with E-state index in [1.807, 2.05) is 13.8 Å². The second-order valence-corrected chi connectivity index (χ2v) is 7.31. The minimum Gasteiger partial charge on any atom is -0.487 e. The molecule has 0 atom stereocenters. The Balaban J connectivity index is 1.90. The maximum Gasteiger partial charge on any atom is 0.163 e. The van der Waals surface area contributed by atoms with Crippen molar-refractivity contribution in [2.45, 2.75) is 20.0 Å². The van der Waals surface area contributed by atoms with Gasteiger partial charge in [-0.15, -0.1) is 0 Å². The second kappa shape index (κ2) is 11.1. The number of nitrogens with zero attached hydrogens (tertiary/aromatic N) is 2. The van der Waals surface area contributed by atoms with Crippen molar-refractivity contribution in [3.63, 3.8) is 0 Å². The van der Waals surface area contributed by atoms with Gasteiger partial charge in [-0.3, -0.25) is 0 Å². The highest BCUT2D eigenvalue weighted by atomic mass is 35.5. The van der Waals surface area contributed by atoms with Crippen LogP contribution in [0, 0.1) is 5.82 Å². The minimum absolute atomic E-state index is 0.0198. The summed E-state index contributed by atoms with van der Waals surface area (Å²) in [5.41, 5.74) is 1.25. The van der Waals surface area contributed by atoms with Crippen LogP contribution in [0.25, 0.3) is 10.9 Å². The molecule has 7 nitrogen and oxygen atoms in total. The Morgan fingerprint density at radius 3 is 2.45 bits per heavy atom. The summed E-state index contributed by atoms with van der Waals surface area (Å²) < 4.78 is 35.8. The van der Waals surface area contributed by atoms with Crippen LogP contribution >= 0.6 is 11.6 Å². The minimum atomic E-state index is -0.489. The van der Waals surface area contributed by atoms with Crippen LogP contribution in [0.3, 0.4) is 0 Å². The van der Waals surface area contributed by atoms with E-state index in [0.717, 1.165) is 0 Å². The van der Waals surface area contributed by atoms with Crippen molar-refractivity contribution in [2.75, 3.05) is 38.9 Å². The first-order valence-corrected chi connectivity index (χ1v) is 10.2. The van der Waals surface area contributed by atoms with Gasteiger partial charge >= 0.3 is 0 Å². The van der Waals surface area contributed by atoms with Gasteiger partial charge in [0.15, 0.2) is 11.5 Å². The van der Waals surface area contributed by atoms with Gasteiger partial charge in [-0.2, -0.15) is 0 Å². The highest BCUT2D eigenvalue weighted by Crippen LogP contribution is 2.35. The normalized spacial score (nSPS) is 11.2. The molecule has 9 heteroatoms. The summed E-state index contributed by atoms with van der Waals surface area (Å²) in [6.45, 7) is 5.53. The maximum absolute atomic E-state index is 13.5. The molecular weight excluding hydrogens is 425 g/mol. The Morgan fingerprint density at radius 1 is 1.00 bits per heavy atom. The zero-order valence-electron chi connectivity index (χ0n) is 17.7. The summed E-state index contributed by atoms with van der Waals surface area (Å²) >= 11 is 5.89. The number of methoxy groups -OCH3 is 1. The molecule has 2 aromatic carbocycles. The lowest BCUT2D eigenvalue weighted by Gasteiger charge is -2.16. The summed E-state index contributed by atoms with van der Waals surface area (Å²) in [6.07, 6.45) is 1.55. The monoisotopic (exact) mass is 449 g/mol. The third-order valence-electron chi connectivity index (χ3n) is 4.22. The molecule has 1 heterocycles. The lowest BCUT2D eigenvalue weighted by Crippen LogP contribution is -2.12. The van der Waals surface area contributed by atoms with Crippen molar-refractivity contribution in [2.24, 2.45) is 0 Å². The van der Waals surface area contributed by atoms with Gasteiger partial charge in [-0.1, -0.05) is 11.6 Å². The number of aromatic nitrogens is 2. The van der Waals surface area contributed by atoms with E-state index >= 15 is 0 Å². The molecule has 0 saturated heterocycles. The van der Waals surface area contributed by atoms with Crippen LogP contribution in [0.2, 0.25) is 5.02 Å². The van der Waals surface area contributed by atoms with Crippen LogP contribution in [-0.4, -0.2) is 49.6 Å².